The average molecular weight is 379 g/mol. The first-order chi connectivity index (χ1) is 8.42. The molecule has 4 nitrogen and oxygen atoms in total. The number of carbonyl (C=O) groups is 2. The fourth-order valence-electron chi connectivity index (χ4n) is 1.55. The molecule has 0 heterocycles. The first-order valence-electron chi connectivity index (χ1n) is 5.22. The molecule has 0 aliphatic carbocycles. The van der Waals surface area contributed by atoms with Crippen molar-refractivity contribution in [1.82, 2.24) is 5.32 Å². The van der Waals surface area contributed by atoms with Gasteiger partial charge >= 0.3 is 5.97 Å². The van der Waals surface area contributed by atoms with Crippen molar-refractivity contribution in [2.75, 3.05) is 7.11 Å². The smallest absolute Gasteiger partial charge is 0.328 e. The van der Waals surface area contributed by atoms with Crippen LogP contribution in [0.15, 0.2) is 27.1 Å². The number of halogens is 2. The van der Waals surface area contributed by atoms with Crippen LogP contribution in [0, 0.1) is 0 Å². The monoisotopic (exact) mass is 377 g/mol. The van der Waals surface area contributed by atoms with Crippen LogP contribution in [-0.2, 0) is 20.7 Å². The van der Waals surface area contributed by atoms with E-state index in [0.29, 0.717) is 6.42 Å². The minimum absolute atomic E-state index is 0.264. The summed E-state index contributed by atoms with van der Waals surface area (Å²) in [6.07, 6.45) is 0.379. The minimum atomic E-state index is -0.673. The van der Waals surface area contributed by atoms with Crippen LogP contribution in [0.1, 0.15) is 12.5 Å². The number of rotatable bonds is 4. The molecule has 0 aliphatic rings. The fraction of sp³-hybridized carbons (Fsp3) is 0.333. The maximum absolute atomic E-state index is 11.6. The van der Waals surface area contributed by atoms with Gasteiger partial charge in [-0.05, 0) is 23.8 Å². The molecular weight excluding hydrogens is 366 g/mol. The zero-order valence-corrected chi connectivity index (χ0v) is 13.2. The lowest BCUT2D eigenvalue weighted by molar-refractivity contribution is -0.144. The van der Waals surface area contributed by atoms with E-state index in [9.17, 15) is 9.59 Å². The van der Waals surface area contributed by atoms with Gasteiger partial charge in [0, 0.05) is 22.3 Å². The van der Waals surface area contributed by atoms with Gasteiger partial charge in [-0.2, -0.15) is 0 Å². The Labute approximate surface area is 122 Å². The number of amides is 1. The van der Waals surface area contributed by atoms with Gasteiger partial charge in [0.05, 0.1) is 7.11 Å². The Hall–Kier alpha value is -0.880. The van der Waals surface area contributed by atoms with Crippen molar-refractivity contribution in [3.05, 3.63) is 32.7 Å². The van der Waals surface area contributed by atoms with E-state index in [2.05, 4.69) is 41.9 Å². The molecule has 0 aromatic heterocycles. The standard InChI is InChI=1S/C12H13Br2NO3/c1-7(16)15-11(12(17)18-2)5-8-3-9(13)6-10(14)4-8/h3-4,6,11H,5H2,1-2H3,(H,15,16)/t11-/m1/s1. The summed E-state index contributed by atoms with van der Waals surface area (Å²) in [4.78, 5) is 22.6. The maximum atomic E-state index is 11.6. The highest BCUT2D eigenvalue weighted by Gasteiger charge is 2.20. The number of benzene rings is 1. The topological polar surface area (TPSA) is 55.4 Å². The van der Waals surface area contributed by atoms with Gasteiger partial charge in [-0.1, -0.05) is 31.9 Å². The third-order valence-corrected chi connectivity index (χ3v) is 3.14. The minimum Gasteiger partial charge on any atom is -0.467 e. The second-order valence-electron chi connectivity index (χ2n) is 3.76. The van der Waals surface area contributed by atoms with Gasteiger partial charge < -0.3 is 10.1 Å². The van der Waals surface area contributed by atoms with Crippen LogP contribution in [0.3, 0.4) is 0 Å². The SMILES string of the molecule is COC(=O)[C@@H](Cc1cc(Br)cc(Br)c1)NC(C)=O. The quantitative estimate of drug-likeness (QED) is 0.818. The molecular formula is C12H13Br2NO3. The van der Waals surface area contributed by atoms with Crippen molar-refractivity contribution in [1.29, 1.82) is 0 Å². The zero-order valence-electron chi connectivity index (χ0n) is 10.00. The van der Waals surface area contributed by atoms with Crippen LogP contribution in [0.25, 0.3) is 0 Å². The maximum Gasteiger partial charge on any atom is 0.328 e. The molecule has 0 fully saturated rings. The number of methoxy groups -OCH3 is 1. The molecule has 6 heteroatoms. The summed E-state index contributed by atoms with van der Waals surface area (Å²) in [5.74, 6) is -0.722. The Bertz CT molecular complexity index is 442. The van der Waals surface area contributed by atoms with E-state index in [0.717, 1.165) is 14.5 Å². The van der Waals surface area contributed by atoms with E-state index in [4.69, 9.17) is 0 Å². The van der Waals surface area contributed by atoms with Crippen molar-refractivity contribution < 1.29 is 14.3 Å². The third-order valence-electron chi connectivity index (χ3n) is 2.23. The van der Waals surface area contributed by atoms with Gasteiger partial charge in [-0.3, -0.25) is 4.79 Å². The lowest BCUT2D eigenvalue weighted by atomic mass is 10.1. The Balaban J connectivity index is 2.88. The van der Waals surface area contributed by atoms with Gasteiger partial charge in [-0.25, -0.2) is 4.79 Å². The van der Waals surface area contributed by atoms with Crippen molar-refractivity contribution in [2.24, 2.45) is 0 Å². The number of carbonyl (C=O) groups excluding carboxylic acids is 2. The Morgan fingerprint density at radius 1 is 1.28 bits per heavy atom. The molecule has 1 atom stereocenters. The molecule has 1 amide bonds. The lowest BCUT2D eigenvalue weighted by Crippen LogP contribution is -2.41. The Kier molecular flexibility index (Phi) is 5.81. The third kappa shape index (κ3) is 4.78. The predicted molar refractivity (Wildman–Crippen MR) is 75.2 cm³/mol. The molecule has 98 valence electrons. The van der Waals surface area contributed by atoms with Gasteiger partial charge in [0.1, 0.15) is 6.04 Å². The number of esters is 1. The van der Waals surface area contributed by atoms with Crippen LogP contribution in [0.2, 0.25) is 0 Å². The molecule has 0 spiro atoms. The van der Waals surface area contributed by atoms with E-state index < -0.39 is 12.0 Å². The Morgan fingerprint density at radius 3 is 2.28 bits per heavy atom. The number of hydrogen-bond donors (Lipinski definition) is 1. The highest BCUT2D eigenvalue weighted by Crippen LogP contribution is 2.21. The summed E-state index contributed by atoms with van der Waals surface area (Å²) >= 11 is 6.75. The number of nitrogens with one attached hydrogen (secondary N) is 1. The van der Waals surface area contributed by atoms with Crippen molar-refractivity contribution in [3.8, 4) is 0 Å². The van der Waals surface area contributed by atoms with Gasteiger partial charge in [0.2, 0.25) is 5.91 Å². The van der Waals surface area contributed by atoms with Crippen LogP contribution < -0.4 is 5.32 Å². The molecule has 18 heavy (non-hydrogen) atoms. The largest absolute Gasteiger partial charge is 0.467 e. The molecule has 0 saturated heterocycles. The molecule has 0 unspecified atom stereocenters. The summed E-state index contributed by atoms with van der Waals surface area (Å²) in [7, 11) is 1.30. The normalized spacial score (nSPS) is 11.8. The molecule has 0 radical (unpaired) electrons. The van der Waals surface area contributed by atoms with Gasteiger partial charge in [-0.15, -0.1) is 0 Å². The molecule has 1 rings (SSSR count). The second kappa shape index (κ2) is 6.89. The highest BCUT2D eigenvalue weighted by molar-refractivity contribution is 9.11. The average Bonchev–Trinajstić information content (AvgIpc) is 2.25. The molecule has 1 N–H and O–H groups in total. The zero-order chi connectivity index (χ0) is 13.7. The van der Waals surface area contributed by atoms with Gasteiger partial charge in [0.25, 0.3) is 0 Å². The van der Waals surface area contributed by atoms with E-state index in [1.54, 1.807) is 0 Å². The molecule has 0 bridgehead atoms. The lowest BCUT2D eigenvalue weighted by Gasteiger charge is -2.15. The first kappa shape index (κ1) is 15.2. The van der Waals surface area contributed by atoms with Crippen molar-refractivity contribution in [3.63, 3.8) is 0 Å². The van der Waals surface area contributed by atoms with E-state index in [-0.39, 0.29) is 5.91 Å². The molecule has 0 saturated carbocycles. The van der Waals surface area contributed by atoms with Crippen molar-refractivity contribution >= 4 is 43.7 Å². The molecule has 1 aromatic rings. The van der Waals surface area contributed by atoms with Gasteiger partial charge in [0.15, 0.2) is 0 Å². The van der Waals surface area contributed by atoms with Crippen LogP contribution in [0.4, 0.5) is 0 Å². The first-order valence-corrected chi connectivity index (χ1v) is 6.81. The van der Waals surface area contributed by atoms with E-state index in [1.807, 2.05) is 18.2 Å². The summed E-state index contributed by atoms with van der Waals surface area (Å²) < 4.78 is 6.47. The van der Waals surface area contributed by atoms with E-state index in [1.165, 1.54) is 14.0 Å². The van der Waals surface area contributed by atoms with Crippen LogP contribution in [-0.4, -0.2) is 25.0 Å². The van der Waals surface area contributed by atoms with E-state index >= 15 is 0 Å². The summed E-state index contributed by atoms with van der Waals surface area (Å²) in [5.41, 5.74) is 0.917. The second-order valence-corrected chi connectivity index (χ2v) is 5.59. The van der Waals surface area contributed by atoms with Crippen LogP contribution in [0.5, 0.6) is 0 Å². The Morgan fingerprint density at radius 2 is 1.83 bits per heavy atom. The molecule has 0 aliphatic heterocycles. The summed E-state index contributed by atoms with van der Waals surface area (Å²) in [5, 5.41) is 2.57. The number of ether oxygens (including phenoxy) is 1. The molecule has 1 aromatic carbocycles. The fourth-order valence-corrected chi connectivity index (χ4v) is 2.93. The van der Waals surface area contributed by atoms with Crippen molar-refractivity contribution in [2.45, 2.75) is 19.4 Å². The van der Waals surface area contributed by atoms with Crippen LogP contribution >= 0.6 is 31.9 Å². The predicted octanol–water partition coefficient (Wildman–Crippen LogP) is 2.43. The summed E-state index contributed by atoms with van der Waals surface area (Å²) in [6, 6.07) is 5.01. The summed E-state index contributed by atoms with van der Waals surface area (Å²) in [6.45, 7) is 1.37. The number of hydrogen-bond acceptors (Lipinski definition) is 3. The highest BCUT2D eigenvalue weighted by atomic mass is 79.9.